The molecule has 0 aliphatic carbocycles. The second-order valence-electron chi connectivity index (χ2n) is 6.03. The topological polar surface area (TPSA) is 47.0 Å². The van der Waals surface area contributed by atoms with Crippen molar-refractivity contribution < 1.29 is 9.90 Å². The van der Waals surface area contributed by atoms with E-state index in [0.717, 1.165) is 25.6 Å². The standard InChI is InChI=1S/C14H27N3O2.ClH/c1-15-8-10-17(11-9-15)12-13-2-5-16(6-3-13)7-4-14(18)19;/h13H,2-12H2,1H3,(H,18,19);1H. The van der Waals surface area contributed by atoms with Crippen LogP contribution in [0, 0.1) is 5.92 Å². The fraction of sp³-hybridized carbons (Fsp3) is 0.929. The van der Waals surface area contributed by atoms with Gasteiger partial charge in [0.25, 0.3) is 0 Å². The molecule has 118 valence electrons. The predicted molar refractivity (Wildman–Crippen MR) is 82.6 cm³/mol. The summed E-state index contributed by atoms with van der Waals surface area (Å²) in [6.07, 6.45) is 2.74. The molecule has 0 radical (unpaired) electrons. The number of carbonyl (C=O) groups is 1. The summed E-state index contributed by atoms with van der Waals surface area (Å²) >= 11 is 0. The maximum absolute atomic E-state index is 10.6. The Hall–Kier alpha value is -0.360. The van der Waals surface area contributed by atoms with Crippen molar-refractivity contribution in [2.75, 3.05) is 59.4 Å². The van der Waals surface area contributed by atoms with E-state index in [0.29, 0.717) is 0 Å². The van der Waals surface area contributed by atoms with Crippen molar-refractivity contribution in [1.82, 2.24) is 14.7 Å². The number of rotatable bonds is 5. The van der Waals surface area contributed by atoms with Gasteiger partial charge < -0.3 is 19.8 Å². The molecule has 0 aromatic rings. The van der Waals surface area contributed by atoms with Crippen LogP contribution in [0.1, 0.15) is 19.3 Å². The summed E-state index contributed by atoms with van der Waals surface area (Å²) in [6, 6.07) is 0. The minimum absolute atomic E-state index is 0. The number of piperazine rings is 1. The number of carboxylic acids is 1. The van der Waals surface area contributed by atoms with E-state index in [9.17, 15) is 4.79 Å². The van der Waals surface area contributed by atoms with Gasteiger partial charge >= 0.3 is 5.97 Å². The third kappa shape index (κ3) is 5.95. The van der Waals surface area contributed by atoms with E-state index in [4.69, 9.17) is 5.11 Å². The Bertz CT molecular complexity index is 288. The predicted octanol–water partition coefficient (Wildman–Crippen LogP) is 0.842. The molecule has 2 aliphatic rings. The minimum Gasteiger partial charge on any atom is -0.481 e. The van der Waals surface area contributed by atoms with E-state index in [2.05, 4.69) is 21.7 Å². The van der Waals surface area contributed by atoms with Gasteiger partial charge in [0.05, 0.1) is 6.42 Å². The van der Waals surface area contributed by atoms with Crippen LogP contribution in [0.5, 0.6) is 0 Å². The van der Waals surface area contributed by atoms with Crippen molar-refractivity contribution >= 4 is 18.4 Å². The van der Waals surface area contributed by atoms with Crippen LogP contribution in [0.15, 0.2) is 0 Å². The Labute approximate surface area is 128 Å². The monoisotopic (exact) mass is 305 g/mol. The van der Waals surface area contributed by atoms with Crippen molar-refractivity contribution in [2.45, 2.75) is 19.3 Å². The molecule has 0 amide bonds. The molecular weight excluding hydrogens is 278 g/mol. The van der Waals surface area contributed by atoms with Gasteiger partial charge in [-0.15, -0.1) is 12.4 Å². The molecule has 0 aromatic heterocycles. The zero-order valence-corrected chi connectivity index (χ0v) is 13.3. The molecule has 0 saturated carbocycles. The molecule has 1 N–H and O–H groups in total. The Morgan fingerprint density at radius 2 is 1.65 bits per heavy atom. The number of likely N-dealkylation sites (tertiary alicyclic amines) is 1. The highest BCUT2D eigenvalue weighted by Gasteiger charge is 2.23. The van der Waals surface area contributed by atoms with Crippen molar-refractivity contribution in [3.63, 3.8) is 0 Å². The van der Waals surface area contributed by atoms with E-state index in [1.54, 1.807) is 0 Å². The Morgan fingerprint density at radius 3 is 2.20 bits per heavy atom. The van der Waals surface area contributed by atoms with E-state index < -0.39 is 5.97 Å². The van der Waals surface area contributed by atoms with Gasteiger partial charge in [0, 0.05) is 39.3 Å². The van der Waals surface area contributed by atoms with Crippen LogP contribution in [-0.4, -0.2) is 85.2 Å². The number of halogens is 1. The van der Waals surface area contributed by atoms with Gasteiger partial charge in [-0.3, -0.25) is 4.79 Å². The number of carboxylic acid groups (broad SMARTS) is 1. The van der Waals surface area contributed by atoms with Gasteiger partial charge in [-0.1, -0.05) is 0 Å². The third-order valence-corrected chi connectivity index (χ3v) is 4.46. The van der Waals surface area contributed by atoms with Gasteiger partial charge in [-0.2, -0.15) is 0 Å². The normalized spacial score (nSPS) is 23.4. The zero-order valence-electron chi connectivity index (χ0n) is 12.5. The van der Waals surface area contributed by atoms with Crippen molar-refractivity contribution in [1.29, 1.82) is 0 Å². The maximum Gasteiger partial charge on any atom is 0.304 e. The Balaban J connectivity index is 0.00000200. The van der Waals surface area contributed by atoms with Crippen LogP contribution in [0.4, 0.5) is 0 Å². The summed E-state index contributed by atoms with van der Waals surface area (Å²) in [5.41, 5.74) is 0. The first-order chi connectivity index (χ1) is 9.13. The minimum atomic E-state index is -0.681. The van der Waals surface area contributed by atoms with Gasteiger partial charge in [0.1, 0.15) is 0 Å². The molecule has 2 fully saturated rings. The van der Waals surface area contributed by atoms with Crippen molar-refractivity contribution in [3.8, 4) is 0 Å². The number of hydrogen-bond acceptors (Lipinski definition) is 4. The summed E-state index contributed by atoms with van der Waals surface area (Å²) in [5.74, 6) is 0.129. The lowest BCUT2D eigenvalue weighted by Crippen LogP contribution is -2.47. The number of nitrogens with zero attached hydrogens (tertiary/aromatic N) is 3. The maximum atomic E-state index is 10.6. The molecule has 2 rings (SSSR count). The highest BCUT2D eigenvalue weighted by molar-refractivity contribution is 5.85. The van der Waals surface area contributed by atoms with E-state index >= 15 is 0 Å². The molecule has 2 aliphatic heterocycles. The first-order valence-corrected chi connectivity index (χ1v) is 7.48. The summed E-state index contributed by atoms with van der Waals surface area (Å²) < 4.78 is 0. The van der Waals surface area contributed by atoms with Gasteiger partial charge in [-0.05, 0) is 38.9 Å². The fourth-order valence-corrected chi connectivity index (χ4v) is 3.04. The lowest BCUT2D eigenvalue weighted by molar-refractivity contribution is -0.137. The quantitative estimate of drug-likeness (QED) is 0.816. The molecule has 2 saturated heterocycles. The molecule has 0 bridgehead atoms. The first-order valence-electron chi connectivity index (χ1n) is 7.48. The van der Waals surface area contributed by atoms with Crippen molar-refractivity contribution in [3.05, 3.63) is 0 Å². The van der Waals surface area contributed by atoms with Crippen molar-refractivity contribution in [2.24, 2.45) is 5.92 Å². The fourth-order valence-electron chi connectivity index (χ4n) is 3.04. The molecule has 2 heterocycles. The van der Waals surface area contributed by atoms with Crippen LogP contribution in [0.25, 0.3) is 0 Å². The Morgan fingerprint density at radius 1 is 1.05 bits per heavy atom. The van der Waals surface area contributed by atoms with E-state index in [1.807, 2.05) is 0 Å². The van der Waals surface area contributed by atoms with Crippen LogP contribution in [0.2, 0.25) is 0 Å². The lowest BCUT2D eigenvalue weighted by Gasteiger charge is -2.37. The molecule has 0 spiro atoms. The molecule has 20 heavy (non-hydrogen) atoms. The number of likely N-dealkylation sites (N-methyl/N-ethyl adjacent to an activating group) is 1. The summed E-state index contributed by atoms with van der Waals surface area (Å²) in [5, 5.41) is 8.70. The molecule has 0 unspecified atom stereocenters. The number of aliphatic carboxylic acids is 1. The second kappa shape index (κ2) is 8.82. The van der Waals surface area contributed by atoms with Gasteiger partial charge in [0.15, 0.2) is 0 Å². The van der Waals surface area contributed by atoms with Crippen LogP contribution >= 0.6 is 12.4 Å². The van der Waals surface area contributed by atoms with E-state index in [1.165, 1.54) is 45.6 Å². The summed E-state index contributed by atoms with van der Waals surface area (Å²) in [4.78, 5) is 17.8. The highest BCUT2D eigenvalue weighted by atomic mass is 35.5. The second-order valence-corrected chi connectivity index (χ2v) is 6.03. The lowest BCUT2D eigenvalue weighted by atomic mass is 9.96. The van der Waals surface area contributed by atoms with Crippen LogP contribution in [0.3, 0.4) is 0 Å². The molecule has 0 atom stereocenters. The van der Waals surface area contributed by atoms with Crippen LogP contribution < -0.4 is 0 Å². The molecule has 0 aromatic carbocycles. The summed E-state index contributed by atoms with van der Waals surface area (Å²) in [7, 11) is 2.19. The summed E-state index contributed by atoms with van der Waals surface area (Å²) in [6.45, 7) is 8.90. The number of piperidine rings is 1. The number of hydrogen-bond donors (Lipinski definition) is 1. The highest BCUT2D eigenvalue weighted by Crippen LogP contribution is 2.19. The molecular formula is C14H28ClN3O2. The first kappa shape index (κ1) is 17.7. The molecule has 5 nitrogen and oxygen atoms in total. The van der Waals surface area contributed by atoms with Crippen LogP contribution in [-0.2, 0) is 4.79 Å². The average molecular weight is 306 g/mol. The molecule has 6 heteroatoms. The Kier molecular flexibility index (Phi) is 7.80. The third-order valence-electron chi connectivity index (χ3n) is 4.46. The SMILES string of the molecule is CN1CCN(CC2CCN(CCC(=O)O)CC2)CC1.Cl. The average Bonchev–Trinajstić information content (AvgIpc) is 2.40. The smallest absolute Gasteiger partial charge is 0.304 e. The zero-order chi connectivity index (χ0) is 13.7. The largest absolute Gasteiger partial charge is 0.481 e. The van der Waals surface area contributed by atoms with E-state index in [-0.39, 0.29) is 18.8 Å². The van der Waals surface area contributed by atoms with Gasteiger partial charge in [0.2, 0.25) is 0 Å². The van der Waals surface area contributed by atoms with Gasteiger partial charge in [-0.25, -0.2) is 0 Å².